The lowest BCUT2D eigenvalue weighted by Gasteiger charge is -2.08. The van der Waals surface area contributed by atoms with Crippen molar-refractivity contribution >= 4 is 32.1 Å². The lowest BCUT2D eigenvalue weighted by molar-refractivity contribution is 0.416. The maximum absolute atomic E-state index is 5.32. The molecule has 0 aliphatic carbocycles. The smallest absolute Gasteiger partial charge is 0.157 e. The van der Waals surface area contributed by atoms with Gasteiger partial charge in [0.2, 0.25) is 0 Å². The molecule has 1 aromatic heterocycles. The molecule has 0 fully saturated rings. The SMILES string of the molecule is COc1ccc(C)cc1-c1c(Br)nnn1Br. The highest BCUT2D eigenvalue weighted by Gasteiger charge is 2.16. The van der Waals surface area contributed by atoms with Gasteiger partial charge < -0.3 is 4.74 Å². The summed E-state index contributed by atoms with van der Waals surface area (Å²) in [5.74, 6) is 0.786. The normalized spacial score (nSPS) is 10.5. The number of rotatable bonds is 2. The van der Waals surface area contributed by atoms with Crippen molar-refractivity contribution in [1.29, 1.82) is 0 Å². The summed E-state index contributed by atoms with van der Waals surface area (Å²) < 4.78 is 7.53. The minimum Gasteiger partial charge on any atom is -0.496 e. The summed E-state index contributed by atoms with van der Waals surface area (Å²) >= 11 is 6.66. The molecule has 0 saturated heterocycles. The van der Waals surface area contributed by atoms with E-state index in [2.05, 4.69) is 42.4 Å². The third kappa shape index (κ3) is 1.99. The van der Waals surface area contributed by atoms with E-state index in [-0.39, 0.29) is 0 Å². The molecule has 0 bridgehead atoms. The van der Waals surface area contributed by atoms with E-state index in [1.807, 2.05) is 25.1 Å². The second kappa shape index (κ2) is 4.55. The monoisotopic (exact) mass is 345 g/mol. The van der Waals surface area contributed by atoms with Crippen LogP contribution >= 0.6 is 32.1 Å². The van der Waals surface area contributed by atoms with Gasteiger partial charge in [-0.2, -0.15) is 3.71 Å². The van der Waals surface area contributed by atoms with Crippen LogP contribution in [0.25, 0.3) is 11.3 Å². The largest absolute Gasteiger partial charge is 0.496 e. The molecular formula is C10H9Br2N3O. The number of aryl methyl sites for hydroxylation is 1. The molecule has 84 valence electrons. The van der Waals surface area contributed by atoms with Gasteiger partial charge in [-0.3, -0.25) is 0 Å². The minimum atomic E-state index is 0.674. The van der Waals surface area contributed by atoms with Gasteiger partial charge in [0.25, 0.3) is 0 Å². The Hall–Kier alpha value is -0.880. The zero-order chi connectivity index (χ0) is 11.7. The fourth-order valence-corrected chi connectivity index (χ4v) is 2.58. The van der Waals surface area contributed by atoms with Crippen molar-refractivity contribution in [2.75, 3.05) is 7.11 Å². The van der Waals surface area contributed by atoms with E-state index in [0.29, 0.717) is 4.60 Å². The molecule has 0 radical (unpaired) electrons. The molecular weight excluding hydrogens is 338 g/mol. The number of ether oxygens (including phenoxy) is 1. The average molecular weight is 347 g/mol. The van der Waals surface area contributed by atoms with Crippen molar-refractivity contribution in [1.82, 2.24) is 14.0 Å². The predicted octanol–water partition coefficient (Wildman–Crippen LogP) is 3.18. The predicted molar refractivity (Wildman–Crippen MR) is 68.8 cm³/mol. The van der Waals surface area contributed by atoms with Crippen LogP contribution in [0.4, 0.5) is 0 Å². The molecule has 0 spiro atoms. The first-order chi connectivity index (χ1) is 7.63. The third-order valence-electron chi connectivity index (χ3n) is 2.20. The van der Waals surface area contributed by atoms with Gasteiger partial charge in [0, 0.05) is 5.56 Å². The zero-order valence-corrected chi connectivity index (χ0v) is 11.9. The fraction of sp³-hybridized carbons (Fsp3) is 0.200. The van der Waals surface area contributed by atoms with E-state index in [1.54, 1.807) is 7.11 Å². The summed E-state index contributed by atoms with van der Waals surface area (Å²) in [6.45, 7) is 2.03. The Labute approximate surface area is 110 Å². The highest BCUT2D eigenvalue weighted by atomic mass is 79.9. The summed E-state index contributed by atoms with van der Waals surface area (Å²) in [5.41, 5.74) is 2.92. The van der Waals surface area contributed by atoms with Crippen LogP contribution in [0.15, 0.2) is 22.8 Å². The van der Waals surface area contributed by atoms with Gasteiger partial charge in [-0.1, -0.05) is 16.8 Å². The molecule has 0 saturated carbocycles. The number of methoxy groups -OCH3 is 1. The molecule has 0 N–H and O–H groups in total. The average Bonchev–Trinajstić information content (AvgIpc) is 2.58. The van der Waals surface area contributed by atoms with E-state index in [1.165, 1.54) is 3.71 Å². The van der Waals surface area contributed by atoms with Crippen LogP contribution in [0.5, 0.6) is 5.75 Å². The molecule has 0 aliphatic rings. The summed E-state index contributed by atoms with van der Waals surface area (Å²) in [6, 6.07) is 5.95. The summed E-state index contributed by atoms with van der Waals surface area (Å²) in [7, 11) is 1.64. The van der Waals surface area contributed by atoms with Crippen LogP contribution in [0, 0.1) is 6.92 Å². The van der Waals surface area contributed by atoms with Gasteiger partial charge in [0.05, 0.1) is 23.3 Å². The Bertz CT molecular complexity index is 505. The Balaban J connectivity index is 2.67. The van der Waals surface area contributed by atoms with Gasteiger partial charge in [-0.15, -0.1) is 5.10 Å². The molecule has 2 rings (SSSR count). The molecule has 4 nitrogen and oxygen atoms in total. The number of hydrogen-bond donors (Lipinski definition) is 0. The number of aromatic nitrogens is 3. The van der Waals surface area contributed by atoms with Crippen molar-refractivity contribution in [2.24, 2.45) is 0 Å². The highest BCUT2D eigenvalue weighted by Crippen LogP contribution is 2.35. The Morgan fingerprint density at radius 3 is 2.69 bits per heavy atom. The van der Waals surface area contributed by atoms with Crippen molar-refractivity contribution in [3.05, 3.63) is 28.4 Å². The Kier molecular flexibility index (Phi) is 3.30. The van der Waals surface area contributed by atoms with E-state index in [9.17, 15) is 0 Å². The van der Waals surface area contributed by atoms with Gasteiger partial charge >= 0.3 is 0 Å². The number of halogens is 2. The van der Waals surface area contributed by atoms with Crippen molar-refractivity contribution in [2.45, 2.75) is 6.92 Å². The van der Waals surface area contributed by atoms with Crippen molar-refractivity contribution < 1.29 is 4.74 Å². The topological polar surface area (TPSA) is 39.9 Å². The standard InChI is InChI=1S/C10H9Br2N3O/c1-6-3-4-8(16-2)7(5-6)9-10(11)13-14-15(9)12/h3-5H,1-2H3. The molecule has 1 heterocycles. The van der Waals surface area contributed by atoms with Crippen molar-refractivity contribution in [3.8, 4) is 17.0 Å². The summed E-state index contributed by atoms with van der Waals surface area (Å²) in [6.07, 6.45) is 0. The quantitative estimate of drug-likeness (QED) is 0.838. The molecule has 0 unspecified atom stereocenters. The van der Waals surface area contributed by atoms with Crippen LogP contribution < -0.4 is 4.74 Å². The van der Waals surface area contributed by atoms with Crippen LogP contribution in [-0.2, 0) is 0 Å². The number of benzene rings is 1. The fourth-order valence-electron chi connectivity index (χ4n) is 1.46. The Morgan fingerprint density at radius 1 is 1.38 bits per heavy atom. The van der Waals surface area contributed by atoms with E-state index in [4.69, 9.17) is 4.74 Å². The Morgan fingerprint density at radius 2 is 2.12 bits per heavy atom. The van der Waals surface area contributed by atoms with Gasteiger partial charge in [-0.25, -0.2) is 0 Å². The van der Waals surface area contributed by atoms with E-state index >= 15 is 0 Å². The first-order valence-electron chi connectivity index (χ1n) is 4.56. The first kappa shape index (κ1) is 11.6. The van der Waals surface area contributed by atoms with Crippen LogP contribution in [-0.4, -0.2) is 21.1 Å². The van der Waals surface area contributed by atoms with Crippen LogP contribution in [0.3, 0.4) is 0 Å². The van der Waals surface area contributed by atoms with Crippen LogP contribution in [0.2, 0.25) is 0 Å². The molecule has 0 amide bonds. The summed E-state index contributed by atoms with van der Waals surface area (Å²) in [5, 5.41) is 7.80. The van der Waals surface area contributed by atoms with Crippen LogP contribution in [0.1, 0.15) is 5.56 Å². The molecule has 2 aromatic rings. The third-order valence-corrected chi connectivity index (χ3v) is 3.23. The lowest BCUT2D eigenvalue weighted by Crippen LogP contribution is -1.92. The van der Waals surface area contributed by atoms with Gasteiger partial charge in [-0.05, 0) is 35.0 Å². The molecule has 0 atom stereocenters. The zero-order valence-electron chi connectivity index (χ0n) is 8.74. The van der Waals surface area contributed by atoms with E-state index < -0.39 is 0 Å². The van der Waals surface area contributed by atoms with Gasteiger partial charge in [0.15, 0.2) is 4.60 Å². The molecule has 0 aliphatic heterocycles. The lowest BCUT2D eigenvalue weighted by atomic mass is 10.1. The number of nitrogens with zero attached hydrogens (tertiary/aromatic N) is 3. The van der Waals surface area contributed by atoms with Gasteiger partial charge in [0.1, 0.15) is 11.4 Å². The molecule has 6 heteroatoms. The minimum absolute atomic E-state index is 0.674. The first-order valence-corrected chi connectivity index (χ1v) is 6.06. The second-order valence-electron chi connectivity index (χ2n) is 3.29. The highest BCUT2D eigenvalue weighted by molar-refractivity contribution is 9.10. The second-order valence-corrected chi connectivity index (χ2v) is 4.72. The van der Waals surface area contributed by atoms with E-state index in [0.717, 1.165) is 22.6 Å². The summed E-state index contributed by atoms with van der Waals surface area (Å²) in [4.78, 5) is 0. The molecule has 16 heavy (non-hydrogen) atoms. The number of hydrogen-bond acceptors (Lipinski definition) is 3. The molecule has 1 aromatic carbocycles. The van der Waals surface area contributed by atoms with Crippen molar-refractivity contribution in [3.63, 3.8) is 0 Å². The maximum atomic E-state index is 5.32. The maximum Gasteiger partial charge on any atom is 0.157 e.